The van der Waals surface area contributed by atoms with Crippen LogP contribution in [0.2, 0.25) is 0 Å². The highest BCUT2D eigenvalue weighted by molar-refractivity contribution is 5.96. The van der Waals surface area contributed by atoms with E-state index in [1.54, 1.807) is 18.3 Å². The molecule has 0 aromatic carbocycles. The van der Waals surface area contributed by atoms with Gasteiger partial charge in [0, 0.05) is 19.3 Å². The first-order chi connectivity index (χ1) is 9.74. The second-order valence-electron chi connectivity index (χ2n) is 4.79. The van der Waals surface area contributed by atoms with Gasteiger partial charge in [0.05, 0.1) is 6.61 Å². The molecule has 0 aliphatic carbocycles. The highest BCUT2D eigenvalue weighted by atomic mass is 16.5. The third-order valence-electron chi connectivity index (χ3n) is 3.13. The van der Waals surface area contributed by atoms with Gasteiger partial charge in [-0.15, -0.1) is 0 Å². The number of rotatable bonds is 9. The van der Waals surface area contributed by atoms with E-state index in [1.165, 1.54) is 0 Å². The number of pyridine rings is 1. The number of carbonyl (C=O) groups excluding carboxylic acids is 1. The molecule has 0 aliphatic heterocycles. The molecule has 0 atom stereocenters. The molecule has 1 aromatic rings. The molecule has 0 unspecified atom stereocenters. The monoisotopic (exact) mass is 278 g/mol. The number of ether oxygens (including phenoxy) is 1. The SMILES string of the molecule is CCCCN(CCCC)C(=O)c1cccnc1OCC. The normalized spacial score (nSPS) is 10.3. The molecule has 20 heavy (non-hydrogen) atoms. The summed E-state index contributed by atoms with van der Waals surface area (Å²) in [5.74, 6) is 0.474. The predicted molar refractivity (Wildman–Crippen MR) is 81.1 cm³/mol. The van der Waals surface area contributed by atoms with E-state index in [2.05, 4.69) is 18.8 Å². The van der Waals surface area contributed by atoms with Gasteiger partial charge in [0.25, 0.3) is 5.91 Å². The summed E-state index contributed by atoms with van der Waals surface area (Å²) in [6.07, 6.45) is 5.88. The molecule has 1 amide bonds. The number of aromatic nitrogens is 1. The molecule has 0 spiro atoms. The number of hydrogen-bond acceptors (Lipinski definition) is 3. The molecule has 1 aromatic heterocycles. The maximum atomic E-state index is 12.7. The Bertz CT molecular complexity index is 399. The van der Waals surface area contributed by atoms with E-state index < -0.39 is 0 Å². The van der Waals surface area contributed by atoms with Crippen LogP contribution in [0.3, 0.4) is 0 Å². The Balaban J connectivity index is 2.86. The minimum absolute atomic E-state index is 0.0310. The van der Waals surface area contributed by atoms with Crippen molar-refractivity contribution in [2.45, 2.75) is 46.5 Å². The molecule has 0 fully saturated rings. The van der Waals surface area contributed by atoms with E-state index >= 15 is 0 Å². The highest BCUT2D eigenvalue weighted by Crippen LogP contribution is 2.17. The molecule has 0 radical (unpaired) electrons. The van der Waals surface area contributed by atoms with Crippen LogP contribution in [-0.4, -0.2) is 35.5 Å². The van der Waals surface area contributed by atoms with Crippen LogP contribution >= 0.6 is 0 Å². The number of amides is 1. The Hall–Kier alpha value is -1.58. The van der Waals surface area contributed by atoms with Crippen LogP contribution in [0.15, 0.2) is 18.3 Å². The first-order valence-electron chi connectivity index (χ1n) is 7.61. The maximum Gasteiger partial charge on any atom is 0.259 e. The lowest BCUT2D eigenvalue weighted by Gasteiger charge is -2.23. The Morgan fingerprint density at radius 1 is 1.20 bits per heavy atom. The number of unbranched alkanes of at least 4 members (excludes halogenated alkanes) is 2. The van der Waals surface area contributed by atoms with Crippen molar-refractivity contribution in [3.05, 3.63) is 23.9 Å². The zero-order valence-electron chi connectivity index (χ0n) is 12.9. The number of hydrogen-bond donors (Lipinski definition) is 0. The average molecular weight is 278 g/mol. The lowest BCUT2D eigenvalue weighted by Crippen LogP contribution is -2.33. The van der Waals surface area contributed by atoms with Gasteiger partial charge >= 0.3 is 0 Å². The zero-order valence-corrected chi connectivity index (χ0v) is 12.9. The second-order valence-corrected chi connectivity index (χ2v) is 4.79. The summed E-state index contributed by atoms with van der Waals surface area (Å²) in [4.78, 5) is 18.7. The van der Waals surface area contributed by atoms with Crippen molar-refractivity contribution in [3.8, 4) is 5.88 Å². The maximum absolute atomic E-state index is 12.7. The fourth-order valence-corrected chi connectivity index (χ4v) is 1.99. The van der Waals surface area contributed by atoms with Crippen molar-refractivity contribution in [3.63, 3.8) is 0 Å². The number of carbonyl (C=O) groups is 1. The van der Waals surface area contributed by atoms with Gasteiger partial charge in [0.1, 0.15) is 5.56 Å². The third-order valence-corrected chi connectivity index (χ3v) is 3.13. The van der Waals surface area contributed by atoms with E-state index in [0.717, 1.165) is 38.8 Å². The van der Waals surface area contributed by atoms with Crippen LogP contribution in [0.5, 0.6) is 5.88 Å². The molecule has 0 saturated carbocycles. The van der Waals surface area contributed by atoms with Gasteiger partial charge in [-0.2, -0.15) is 0 Å². The summed E-state index contributed by atoms with van der Waals surface area (Å²) >= 11 is 0. The summed E-state index contributed by atoms with van der Waals surface area (Å²) in [6, 6.07) is 3.58. The van der Waals surface area contributed by atoms with Gasteiger partial charge in [0.15, 0.2) is 0 Å². The van der Waals surface area contributed by atoms with Crippen LogP contribution in [0.4, 0.5) is 0 Å². The highest BCUT2D eigenvalue weighted by Gasteiger charge is 2.19. The minimum atomic E-state index is 0.0310. The Labute approximate surface area is 122 Å². The standard InChI is InChI=1S/C16H26N2O2/c1-4-7-12-18(13-8-5-2)16(19)14-10-9-11-17-15(14)20-6-3/h9-11H,4-8,12-13H2,1-3H3. The van der Waals surface area contributed by atoms with Gasteiger partial charge in [-0.3, -0.25) is 4.79 Å². The van der Waals surface area contributed by atoms with Crippen molar-refractivity contribution in [1.29, 1.82) is 0 Å². The largest absolute Gasteiger partial charge is 0.477 e. The Morgan fingerprint density at radius 3 is 2.40 bits per heavy atom. The quantitative estimate of drug-likeness (QED) is 0.694. The smallest absolute Gasteiger partial charge is 0.259 e. The van der Waals surface area contributed by atoms with Crippen molar-refractivity contribution in [1.82, 2.24) is 9.88 Å². The molecule has 4 nitrogen and oxygen atoms in total. The molecule has 0 bridgehead atoms. The number of nitrogens with zero attached hydrogens (tertiary/aromatic N) is 2. The van der Waals surface area contributed by atoms with Crippen molar-refractivity contribution < 1.29 is 9.53 Å². The third kappa shape index (κ3) is 4.83. The second kappa shape index (κ2) is 9.34. The van der Waals surface area contributed by atoms with E-state index in [4.69, 9.17) is 4.74 Å². The molecule has 0 aliphatic rings. The summed E-state index contributed by atoms with van der Waals surface area (Å²) in [5.41, 5.74) is 0.571. The topological polar surface area (TPSA) is 42.4 Å². The molecule has 1 heterocycles. The van der Waals surface area contributed by atoms with Gasteiger partial charge in [-0.25, -0.2) is 4.98 Å². The first-order valence-corrected chi connectivity index (χ1v) is 7.61. The molecule has 0 saturated heterocycles. The van der Waals surface area contributed by atoms with Crippen molar-refractivity contribution >= 4 is 5.91 Å². The van der Waals surface area contributed by atoms with Crippen LogP contribution in [0, 0.1) is 0 Å². The summed E-state index contributed by atoms with van der Waals surface area (Å²) < 4.78 is 5.46. The van der Waals surface area contributed by atoms with Gasteiger partial charge < -0.3 is 9.64 Å². The van der Waals surface area contributed by atoms with E-state index in [1.807, 2.05) is 11.8 Å². The van der Waals surface area contributed by atoms with Gasteiger partial charge in [-0.1, -0.05) is 26.7 Å². The molecule has 0 N–H and O–H groups in total. The summed E-state index contributed by atoms with van der Waals surface area (Å²) in [6.45, 7) is 8.29. The van der Waals surface area contributed by atoms with Crippen LogP contribution < -0.4 is 4.74 Å². The molecular weight excluding hydrogens is 252 g/mol. The first kappa shape index (κ1) is 16.5. The Kier molecular flexibility index (Phi) is 7.70. The fraction of sp³-hybridized carbons (Fsp3) is 0.625. The van der Waals surface area contributed by atoms with E-state index in [-0.39, 0.29) is 5.91 Å². The molecule has 112 valence electrons. The average Bonchev–Trinajstić information content (AvgIpc) is 2.48. The minimum Gasteiger partial charge on any atom is -0.477 e. The molecule has 4 heteroatoms. The van der Waals surface area contributed by atoms with Crippen LogP contribution in [0.1, 0.15) is 56.8 Å². The fourth-order valence-electron chi connectivity index (χ4n) is 1.99. The zero-order chi connectivity index (χ0) is 14.8. The van der Waals surface area contributed by atoms with Crippen LogP contribution in [-0.2, 0) is 0 Å². The van der Waals surface area contributed by atoms with Crippen molar-refractivity contribution in [2.24, 2.45) is 0 Å². The molecule has 1 rings (SSSR count). The lowest BCUT2D eigenvalue weighted by molar-refractivity contribution is 0.0746. The predicted octanol–water partition coefficient (Wildman–Crippen LogP) is 3.52. The molecular formula is C16H26N2O2. The van der Waals surface area contributed by atoms with Gasteiger partial charge in [0.2, 0.25) is 5.88 Å². The summed E-state index contributed by atoms with van der Waals surface area (Å²) in [5, 5.41) is 0. The van der Waals surface area contributed by atoms with Crippen molar-refractivity contribution in [2.75, 3.05) is 19.7 Å². The lowest BCUT2D eigenvalue weighted by atomic mass is 10.2. The summed E-state index contributed by atoms with van der Waals surface area (Å²) in [7, 11) is 0. The van der Waals surface area contributed by atoms with Crippen LogP contribution in [0.25, 0.3) is 0 Å². The van der Waals surface area contributed by atoms with E-state index in [0.29, 0.717) is 18.1 Å². The van der Waals surface area contributed by atoms with Gasteiger partial charge in [-0.05, 0) is 31.9 Å². The Morgan fingerprint density at radius 2 is 1.85 bits per heavy atom. The van der Waals surface area contributed by atoms with E-state index in [9.17, 15) is 4.79 Å².